The standard InChI is InChI=1S/C20H23N5O3/c1-14-11-16(12-19(26)23(14)2)28-15-7-9-24(10-8-15)20(27)13-25-18-6-4-3-5-17(18)21-22-25/h3-6,11-12,15H,7-10,13H2,1-2H3. The van der Waals surface area contributed by atoms with Crippen LogP contribution in [0, 0.1) is 6.92 Å². The summed E-state index contributed by atoms with van der Waals surface area (Å²) in [5.41, 5.74) is 2.42. The first-order valence-electron chi connectivity index (χ1n) is 9.41. The largest absolute Gasteiger partial charge is 0.490 e. The van der Waals surface area contributed by atoms with E-state index < -0.39 is 0 Å². The second kappa shape index (κ2) is 7.46. The van der Waals surface area contributed by atoms with Crippen molar-refractivity contribution in [3.05, 3.63) is 52.4 Å². The van der Waals surface area contributed by atoms with E-state index in [2.05, 4.69) is 10.3 Å². The number of carbonyl (C=O) groups is 1. The average Bonchev–Trinajstić information content (AvgIpc) is 3.09. The predicted molar refractivity (Wildman–Crippen MR) is 104 cm³/mol. The van der Waals surface area contributed by atoms with Crippen LogP contribution in [0.25, 0.3) is 11.0 Å². The molecule has 2 aromatic heterocycles. The van der Waals surface area contributed by atoms with Crippen molar-refractivity contribution in [1.82, 2.24) is 24.5 Å². The van der Waals surface area contributed by atoms with Crippen molar-refractivity contribution in [2.24, 2.45) is 7.05 Å². The van der Waals surface area contributed by atoms with Crippen molar-refractivity contribution < 1.29 is 9.53 Å². The first-order valence-corrected chi connectivity index (χ1v) is 9.41. The van der Waals surface area contributed by atoms with E-state index in [1.165, 1.54) is 6.07 Å². The smallest absolute Gasteiger partial charge is 0.254 e. The van der Waals surface area contributed by atoms with Gasteiger partial charge in [0.1, 0.15) is 23.9 Å². The summed E-state index contributed by atoms with van der Waals surface area (Å²) in [5.74, 6) is 0.623. The maximum absolute atomic E-state index is 12.7. The Morgan fingerprint density at radius 1 is 1.21 bits per heavy atom. The molecule has 1 saturated heterocycles. The number of carbonyl (C=O) groups excluding carboxylic acids is 1. The lowest BCUT2D eigenvalue weighted by Crippen LogP contribution is -2.43. The third kappa shape index (κ3) is 3.62. The SMILES string of the molecule is Cc1cc(OC2CCN(C(=O)Cn3nnc4ccccc43)CC2)cc(=O)n1C. The number of aromatic nitrogens is 4. The van der Waals surface area contributed by atoms with Crippen LogP contribution in [0.1, 0.15) is 18.5 Å². The van der Waals surface area contributed by atoms with Gasteiger partial charge in [-0.3, -0.25) is 9.59 Å². The first kappa shape index (κ1) is 18.2. The Bertz CT molecular complexity index is 1060. The van der Waals surface area contributed by atoms with Gasteiger partial charge in [0.2, 0.25) is 5.91 Å². The number of nitrogens with zero attached hydrogens (tertiary/aromatic N) is 5. The molecule has 8 heteroatoms. The molecule has 28 heavy (non-hydrogen) atoms. The van der Waals surface area contributed by atoms with Gasteiger partial charge in [-0.05, 0) is 25.1 Å². The second-order valence-corrected chi connectivity index (χ2v) is 7.16. The molecule has 0 radical (unpaired) electrons. The van der Waals surface area contributed by atoms with Gasteiger partial charge in [0.25, 0.3) is 5.56 Å². The van der Waals surface area contributed by atoms with Crippen LogP contribution in [0.15, 0.2) is 41.2 Å². The molecule has 8 nitrogen and oxygen atoms in total. The predicted octanol–water partition coefficient (Wildman–Crippen LogP) is 1.51. The van der Waals surface area contributed by atoms with Gasteiger partial charge in [-0.25, -0.2) is 4.68 Å². The fourth-order valence-corrected chi connectivity index (χ4v) is 3.48. The number of hydrogen-bond donors (Lipinski definition) is 0. The lowest BCUT2D eigenvalue weighted by atomic mass is 10.1. The Balaban J connectivity index is 1.35. The second-order valence-electron chi connectivity index (χ2n) is 7.16. The molecular weight excluding hydrogens is 358 g/mol. The van der Waals surface area contributed by atoms with Crippen LogP contribution < -0.4 is 10.3 Å². The van der Waals surface area contributed by atoms with Gasteiger partial charge in [0.15, 0.2) is 0 Å². The summed E-state index contributed by atoms with van der Waals surface area (Å²) in [6.07, 6.45) is 1.47. The number of para-hydroxylation sites is 1. The highest BCUT2D eigenvalue weighted by Gasteiger charge is 2.25. The minimum Gasteiger partial charge on any atom is -0.490 e. The van der Waals surface area contributed by atoms with Crippen LogP contribution in [0.5, 0.6) is 5.75 Å². The minimum atomic E-state index is -0.0809. The molecule has 146 valence electrons. The quantitative estimate of drug-likeness (QED) is 0.684. The molecule has 0 atom stereocenters. The van der Waals surface area contributed by atoms with E-state index in [0.717, 1.165) is 29.6 Å². The molecule has 0 spiro atoms. The van der Waals surface area contributed by atoms with Crippen molar-refractivity contribution in [3.8, 4) is 5.75 Å². The Kier molecular flexibility index (Phi) is 4.85. The average molecular weight is 381 g/mol. The number of amides is 1. The van der Waals surface area contributed by atoms with Crippen LogP contribution in [0.4, 0.5) is 0 Å². The molecule has 1 aliphatic heterocycles. The lowest BCUT2D eigenvalue weighted by molar-refractivity contribution is -0.133. The van der Waals surface area contributed by atoms with Gasteiger partial charge >= 0.3 is 0 Å². The summed E-state index contributed by atoms with van der Waals surface area (Å²) >= 11 is 0. The Morgan fingerprint density at radius 3 is 2.71 bits per heavy atom. The number of likely N-dealkylation sites (tertiary alicyclic amines) is 1. The van der Waals surface area contributed by atoms with Crippen LogP contribution in [0.3, 0.4) is 0 Å². The number of hydrogen-bond acceptors (Lipinski definition) is 5. The molecule has 0 aliphatic carbocycles. The van der Waals surface area contributed by atoms with E-state index in [1.807, 2.05) is 42.2 Å². The number of fused-ring (bicyclic) bond motifs is 1. The molecular formula is C20H23N5O3. The highest BCUT2D eigenvalue weighted by Crippen LogP contribution is 2.19. The molecule has 1 amide bonds. The molecule has 4 rings (SSSR count). The van der Waals surface area contributed by atoms with E-state index in [0.29, 0.717) is 18.8 Å². The van der Waals surface area contributed by atoms with Crippen molar-refractivity contribution in [2.75, 3.05) is 13.1 Å². The summed E-state index contributed by atoms with van der Waals surface area (Å²) in [6.45, 7) is 3.31. The van der Waals surface area contributed by atoms with Crippen molar-refractivity contribution in [3.63, 3.8) is 0 Å². The molecule has 3 heterocycles. The van der Waals surface area contributed by atoms with Gasteiger partial charge in [-0.2, -0.15) is 0 Å². The number of benzene rings is 1. The van der Waals surface area contributed by atoms with E-state index >= 15 is 0 Å². The summed E-state index contributed by atoms with van der Waals surface area (Å²) in [4.78, 5) is 26.4. The Morgan fingerprint density at radius 2 is 1.96 bits per heavy atom. The van der Waals surface area contributed by atoms with E-state index in [-0.39, 0.29) is 24.1 Å². The summed E-state index contributed by atoms with van der Waals surface area (Å²) in [7, 11) is 1.74. The maximum Gasteiger partial charge on any atom is 0.254 e. The van der Waals surface area contributed by atoms with Crippen LogP contribution in [-0.2, 0) is 18.4 Å². The normalized spacial score (nSPS) is 15.1. The lowest BCUT2D eigenvalue weighted by Gasteiger charge is -2.32. The monoisotopic (exact) mass is 381 g/mol. The zero-order valence-corrected chi connectivity index (χ0v) is 16.0. The maximum atomic E-state index is 12.7. The fourth-order valence-electron chi connectivity index (χ4n) is 3.48. The van der Waals surface area contributed by atoms with E-state index in [4.69, 9.17) is 4.74 Å². The highest BCUT2D eigenvalue weighted by molar-refractivity contribution is 5.79. The molecule has 1 aromatic carbocycles. The summed E-state index contributed by atoms with van der Waals surface area (Å²) in [6, 6.07) is 11.0. The van der Waals surface area contributed by atoms with Gasteiger partial charge in [-0.1, -0.05) is 17.3 Å². The minimum absolute atomic E-state index is 0.00255. The summed E-state index contributed by atoms with van der Waals surface area (Å²) < 4.78 is 9.21. The van der Waals surface area contributed by atoms with Gasteiger partial charge in [0.05, 0.1) is 5.52 Å². The molecule has 0 bridgehead atoms. The Hall–Kier alpha value is -3.16. The Labute approximate surface area is 162 Å². The van der Waals surface area contributed by atoms with Crippen LogP contribution in [-0.4, -0.2) is 49.6 Å². The summed E-state index contributed by atoms with van der Waals surface area (Å²) in [5, 5.41) is 8.18. The highest BCUT2D eigenvalue weighted by atomic mass is 16.5. The molecule has 1 fully saturated rings. The topological polar surface area (TPSA) is 82.2 Å². The van der Waals surface area contributed by atoms with Crippen LogP contribution in [0.2, 0.25) is 0 Å². The van der Waals surface area contributed by atoms with E-state index in [9.17, 15) is 9.59 Å². The number of piperidine rings is 1. The van der Waals surface area contributed by atoms with Crippen LogP contribution >= 0.6 is 0 Å². The van der Waals surface area contributed by atoms with E-state index in [1.54, 1.807) is 16.3 Å². The zero-order chi connectivity index (χ0) is 19.7. The van der Waals surface area contributed by atoms with Crippen molar-refractivity contribution in [2.45, 2.75) is 32.4 Å². The number of pyridine rings is 1. The van der Waals surface area contributed by atoms with Gasteiger partial charge in [-0.15, -0.1) is 5.10 Å². The zero-order valence-electron chi connectivity index (χ0n) is 16.0. The number of rotatable bonds is 4. The first-order chi connectivity index (χ1) is 13.5. The molecule has 1 aliphatic rings. The van der Waals surface area contributed by atoms with Crippen molar-refractivity contribution >= 4 is 16.9 Å². The number of ether oxygens (including phenoxy) is 1. The van der Waals surface area contributed by atoms with Gasteiger partial charge < -0.3 is 14.2 Å². The molecule has 0 unspecified atom stereocenters. The fraction of sp³-hybridized carbons (Fsp3) is 0.400. The van der Waals surface area contributed by atoms with Gasteiger partial charge in [0, 0.05) is 44.7 Å². The third-order valence-electron chi connectivity index (χ3n) is 5.28. The molecule has 0 saturated carbocycles. The number of aryl methyl sites for hydroxylation is 1. The van der Waals surface area contributed by atoms with Crippen molar-refractivity contribution in [1.29, 1.82) is 0 Å². The molecule has 3 aromatic rings. The molecule has 0 N–H and O–H groups in total. The third-order valence-corrected chi connectivity index (χ3v) is 5.28.